The zero-order chi connectivity index (χ0) is 17.8. The molecule has 1 atom stereocenters. The van der Waals surface area contributed by atoms with Crippen LogP contribution in [0.2, 0.25) is 0 Å². The molecule has 7 nitrogen and oxygen atoms in total. The van der Waals surface area contributed by atoms with Crippen LogP contribution in [0.3, 0.4) is 0 Å². The number of ether oxygens (including phenoxy) is 1. The summed E-state index contributed by atoms with van der Waals surface area (Å²) in [5, 5.41) is 7.05. The molecule has 7 heteroatoms. The van der Waals surface area contributed by atoms with Crippen LogP contribution in [-0.4, -0.2) is 41.3 Å². The first-order valence-corrected chi connectivity index (χ1v) is 8.57. The third kappa shape index (κ3) is 3.92. The van der Waals surface area contributed by atoms with E-state index in [1.807, 2.05) is 36.1 Å². The second-order valence-corrected chi connectivity index (χ2v) is 6.35. The van der Waals surface area contributed by atoms with Crippen molar-refractivity contribution in [2.75, 3.05) is 20.2 Å². The summed E-state index contributed by atoms with van der Waals surface area (Å²) in [6.07, 6.45) is 1.69. The molecule has 0 bridgehead atoms. The second-order valence-electron chi connectivity index (χ2n) is 6.35. The van der Waals surface area contributed by atoms with Crippen molar-refractivity contribution in [3.05, 3.63) is 41.5 Å². The van der Waals surface area contributed by atoms with Gasteiger partial charge in [-0.05, 0) is 25.8 Å². The molecule has 3 rings (SSSR count). The number of rotatable bonds is 4. The third-order valence-electron chi connectivity index (χ3n) is 4.64. The minimum Gasteiger partial charge on any atom is -0.496 e. The minimum atomic E-state index is -0.124. The molecule has 1 fully saturated rings. The van der Waals surface area contributed by atoms with Crippen LogP contribution >= 0.6 is 0 Å². The lowest BCUT2D eigenvalue weighted by atomic mass is 9.96. The van der Waals surface area contributed by atoms with E-state index in [1.165, 1.54) is 0 Å². The van der Waals surface area contributed by atoms with Gasteiger partial charge >= 0.3 is 6.03 Å². The molecule has 2 heterocycles. The first kappa shape index (κ1) is 17.3. The summed E-state index contributed by atoms with van der Waals surface area (Å²) >= 11 is 0. The van der Waals surface area contributed by atoms with Crippen LogP contribution < -0.4 is 10.1 Å². The number of para-hydroxylation sites is 1. The maximum atomic E-state index is 12.6. The molecule has 0 spiro atoms. The van der Waals surface area contributed by atoms with Crippen molar-refractivity contribution in [1.82, 2.24) is 20.4 Å². The third-order valence-corrected chi connectivity index (χ3v) is 4.64. The van der Waals surface area contributed by atoms with E-state index in [-0.39, 0.29) is 18.0 Å². The molecule has 0 unspecified atom stereocenters. The van der Waals surface area contributed by atoms with Gasteiger partial charge in [-0.15, -0.1) is 0 Å². The molecule has 134 valence electrons. The Morgan fingerprint density at radius 2 is 2.08 bits per heavy atom. The number of aromatic nitrogens is 2. The molecule has 1 aliphatic rings. The molecule has 1 aromatic heterocycles. The number of hydrogen-bond donors (Lipinski definition) is 1. The monoisotopic (exact) mass is 344 g/mol. The van der Waals surface area contributed by atoms with Gasteiger partial charge in [-0.3, -0.25) is 0 Å². The SMILES string of the molecule is COc1ccccc1[C@@H](C)NC(=O)N1CCC(c2noc(C)n2)CC1. The zero-order valence-electron chi connectivity index (χ0n) is 14.9. The van der Waals surface area contributed by atoms with Gasteiger partial charge in [-0.25, -0.2) is 4.79 Å². The van der Waals surface area contributed by atoms with Gasteiger partial charge in [0.05, 0.1) is 13.2 Å². The van der Waals surface area contributed by atoms with E-state index in [9.17, 15) is 4.79 Å². The van der Waals surface area contributed by atoms with Crippen molar-refractivity contribution in [1.29, 1.82) is 0 Å². The van der Waals surface area contributed by atoms with Crippen LogP contribution in [0, 0.1) is 6.92 Å². The predicted octanol–water partition coefficient (Wildman–Crippen LogP) is 3.04. The molecule has 1 aromatic carbocycles. The fourth-order valence-corrected chi connectivity index (χ4v) is 3.20. The summed E-state index contributed by atoms with van der Waals surface area (Å²) in [4.78, 5) is 18.7. The topological polar surface area (TPSA) is 80.5 Å². The van der Waals surface area contributed by atoms with Gasteiger partial charge in [0.25, 0.3) is 0 Å². The van der Waals surface area contributed by atoms with Crippen molar-refractivity contribution in [3.8, 4) is 5.75 Å². The van der Waals surface area contributed by atoms with E-state index in [2.05, 4.69) is 15.5 Å². The van der Waals surface area contributed by atoms with Crippen molar-refractivity contribution in [2.24, 2.45) is 0 Å². The van der Waals surface area contributed by atoms with Gasteiger partial charge in [0.2, 0.25) is 5.89 Å². The number of piperidine rings is 1. The van der Waals surface area contributed by atoms with Crippen LogP contribution in [0.1, 0.15) is 49.0 Å². The molecule has 2 aromatic rings. The summed E-state index contributed by atoms with van der Waals surface area (Å²) in [6.45, 7) is 5.12. The lowest BCUT2D eigenvalue weighted by Crippen LogP contribution is -2.45. The number of benzene rings is 1. The summed E-state index contributed by atoms with van der Waals surface area (Å²) in [5.41, 5.74) is 0.968. The number of amides is 2. The average Bonchev–Trinajstić information content (AvgIpc) is 3.08. The first-order valence-electron chi connectivity index (χ1n) is 8.57. The van der Waals surface area contributed by atoms with Gasteiger partial charge in [0.15, 0.2) is 5.82 Å². The highest BCUT2D eigenvalue weighted by molar-refractivity contribution is 5.75. The fraction of sp³-hybridized carbons (Fsp3) is 0.500. The van der Waals surface area contributed by atoms with E-state index in [4.69, 9.17) is 9.26 Å². The van der Waals surface area contributed by atoms with E-state index >= 15 is 0 Å². The molecular formula is C18H24N4O3. The van der Waals surface area contributed by atoms with Crippen molar-refractivity contribution in [3.63, 3.8) is 0 Å². The Morgan fingerprint density at radius 3 is 2.72 bits per heavy atom. The Kier molecular flexibility index (Phi) is 5.21. The van der Waals surface area contributed by atoms with Gasteiger partial charge in [0, 0.05) is 31.5 Å². The van der Waals surface area contributed by atoms with Crippen LogP contribution in [0.5, 0.6) is 5.75 Å². The number of urea groups is 1. The lowest BCUT2D eigenvalue weighted by molar-refractivity contribution is 0.177. The minimum absolute atomic E-state index is 0.0545. The van der Waals surface area contributed by atoms with Gasteiger partial charge in [0.1, 0.15) is 5.75 Å². The molecule has 25 heavy (non-hydrogen) atoms. The van der Waals surface area contributed by atoms with E-state index in [0.717, 1.165) is 30.0 Å². The molecule has 1 aliphatic heterocycles. The Bertz CT molecular complexity index is 723. The van der Waals surface area contributed by atoms with E-state index in [0.29, 0.717) is 19.0 Å². The number of likely N-dealkylation sites (tertiary alicyclic amines) is 1. The lowest BCUT2D eigenvalue weighted by Gasteiger charge is -2.31. The zero-order valence-corrected chi connectivity index (χ0v) is 14.9. The van der Waals surface area contributed by atoms with Crippen LogP contribution in [0.4, 0.5) is 4.79 Å². The summed E-state index contributed by atoms with van der Waals surface area (Å²) in [5.74, 6) is 2.37. The highest BCUT2D eigenvalue weighted by Gasteiger charge is 2.27. The fourth-order valence-electron chi connectivity index (χ4n) is 3.20. The number of nitrogens with zero attached hydrogens (tertiary/aromatic N) is 3. The predicted molar refractivity (Wildman–Crippen MR) is 92.5 cm³/mol. The van der Waals surface area contributed by atoms with Crippen molar-refractivity contribution in [2.45, 2.75) is 38.6 Å². The maximum Gasteiger partial charge on any atom is 0.317 e. The number of nitrogens with one attached hydrogen (secondary N) is 1. The molecule has 1 N–H and O–H groups in total. The molecule has 0 aliphatic carbocycles. The van der Waals surface area contributed by atoms with Crippen molar-refractivity contribution < 1.29 is 14.1 Å². The van der Waals surface area contributed by atoms with Gasteiger partial charge in [-0.2, -0.15) is 4.98 Å². The molecule has 1 saturated heterocycles. The Balaban J connectivity index is 1.56. The Labute approximate surface area is 147 Å². The summed E-state index contributed by atoms with van der Waals surface area (Å²) in [7, 11) is 1.64. The van der Waals surface area contributed by atoms with Gasteiger partial charge < -0.3 is 19.5 Å². The number of carbonyl (C=O) groups excluding carboxylic acids is 1. The number of aryl methyl sites for hydroxylation is 1. The van der Waals surface area contributed by atoms with Crippen LogP contribution in [-0.2, 0) is 0 Å². The highest BCUT2D eigenvalue weighted by atomic mass is 16.5. The Hall–Kier alpha value is -2.57. The average molecular weight is 344 g/mol. The molecule has 2 amide bonds. The second kappa shape index (κ2) is 7.55. The Morgan fingerprint density at radius 1 is 1.36 bits per heavy atom. The number of methoxy groups -OCH3 is 1. The smallest absolute Gasteiger partial charge is 0.317 e. The molecule has 0 saturated carbocycles. The largest absolute Gasteiger partial charge is 0.496 e. The standard InChI is InChI=1S/C18H24N4O3/c1-12(15-6-4-5-7-16(15)24-3)19-18(23)22-10-8-14(9-11-22)17-20-13(2)25-21-17/h4-7,12,14H,8-11H2,1-3H3,(H,19,23)/t12-/m1/s1. The van der Waals surface area contributed by atoms with Crippen molar-refractivity contribution >= 4 is 6.03 Å². The highest BCUT2D eigenvalue weighted by Crippen LogP contribution is 2.27. The normalized spacial score (nSPS) is 16.5. The molecular weight excluding hydrogens is 320 g/mol. The quantitative estimate of drug-likeness (QED) is 0.922. The van der Waals surface area contributed by atoms with E-state index in [1.54, 1.807) is 14.0 Å². The molecule has 0 radical (unpaired) electrons. The van der Waals surface area contributed by atoms with Crippen LogP contribution in [0.15, 0.2) is 28.8 Å². The summed E-state index contributed by atoms with van der Waals surface area (Å²) in [6, 6.07) is 7.55. The number of carbonyl (C=O) groups is 1. The van der Waals surface area contributed by atoms with Gasteiger partial charge in [-0.1, -0.05) is 23.4 Å². The van der Waals surface area contributed by atoms with E-state index < -0.39 is 0 Å². The number of hydrogen-bond acceptors (Lipinski definition) is 5. The maximum absolute atomic E-state index is 12.6. The van der Waals surface area contributed by atoms with Crippen LogP contribution in [0.25, 0.3) is 0 Å². The first-order chi connectivity index (χ1) is 12.1. The summed E-state index contributed by atoms with van der Waals surface area (Å²) < 4.78 is 10.4.